The number of anilines is 2. The van der Waals surface area contributed by atoms with Gasteiger partial charge in [-0.2, -0.15) is 0 Å². The minimum absolute atomic E-state index is 0.239. The molecule has 3 N–H and O–H groups in total. The fraction of sp³-hybridized carbons (Fsp3) is 0.286. The Morgan fingerprint density at radius 1 is 1.27 bits per heavy atom. The normalized spacial score (nSPS) is 17.7. The van der Waals surface area contributed by atoms with Gasteiger partial charge in [0.1, 0.15) is 11.6 Å². The highest BCUT2D eigenvalue weighted by atomic mass is 19.1. The molecule has 0 amide bonds. The van der Waals surface area contributed by atoms with Gasteiger partial charge in [-0.1, -0.05) is 12.1 Å². The van der Waals surface area contributed by atoms with Crippen LogP contribution in [0, 0.1) is 12.7 Å². The van der Waals surface area contributed by atoms with Crippen LogP contribution < -0.4 is 10.6 Å². The maximum atomic E-state index is 14.5. The van der Waals surface area contributed by atoms with Gasteiger partial charge in [0.2, 0.25) is 0 Å². The number of hydrogen-bond acceptors (Lipinski definition) is 4. The van der Waals surface area contributed by atoms with Gasteiger partial charge in [-0.15, -0.1) is 0 Å². The van der Waals surface area contributed by atoms with E-state index in [1.165, 1.54) is 6.07 Å². The Morgan fingerprint density at radius 3 is 2.88 bits per heavy atom. The molecule has 0 bridgehead atoms. The van der Waals surface area contributed by atoms with Crippen molar-refractivity contribution < 1.29 is 9.50 Å². The van der Waals surface area contributed by atoms with Crippen LogP contribution in [0.2, 0.25) is 0 Å². The molecule has 0 aliphatic carbocycles. The summed E-state index contributed by atoms with van der Waals surface area (Å²) in [6.07, 6.45) is 3.11. The van der Waals surface area contributed by atoms with Gasteiger partial charge in [0, 0.05) is 41.3 Å². The zero-order valence-corrected chi connectivity index (χ0v) is 14.7. The van der Waals surface area contributed by atoms with E-state index in [4.69, 9.17) is 5.73 Å². The number of nitrogen functional groups attached to an aromatic ring is 1. The van der Waals surface area contributed by atoms with Gasteiger partial charge in [0.15, 0.2) is 0 Å². The van der Waals surface area contributed by atoms with Gasteiger partial charge < -0.3 is 15.7 Å². The summed E-state index contributed by atoms with van der Waals surface area (Å²) < 4.78 is 14.5. The zero-order valence-electron chi connectivity index (χ0n) is 14.7. The number of pyridine rings is 1. The van der Waals surface area contributed by atoms with Crippen LogP contribution in [0.4, 0.5) is 15.9 Å². The number of hydrogen-bond donors (Lipinski definition) is 2. The minimum Gasteiger partial charge on any atom is -0.391 e. The molecule has 0 saturated carbocycles. The Balaban J connectivity index is 1.95. The third kappa shape index (κ3) is 2.99. The van der Waals surface area contributed by atoms with E-state index in [2.05, 4.69) is 9.88 Å². The van der Waals surface area contributed by atoms with E-state index in [-0.39, 0.29) is 11.9 Å². The number of β-amino-alcohol motifs (C(OH)–C–C–N with tert-alkyl or cyclic N) is 1. The Labute approximate surface area is 152 Å². The van der Waals surface area contributed by atoms with E-state index >= 15 is 0 Å². The van der Waals surface area contributed by atoms with Crippen molar-refractivity contribution in [3.05, 3.63) is 54.0 Å². The Kier molecular flexibility index (Phi) is 4.24. The number of aryl methyl sites for hydroxylation is 1. The van der Waals surface area contributed by atoms with Crippen molar-refractivity contribution in [2.24, 2.45) is 0 Å². The van der Waals surface area contributed by atoms with Crippen molar-refractivity contribution in [2.45, 2.75) is 25.9 Å². The predicted octanol–water partition coefficient (Wildman–Crippen LogP) is 3.89. The van der Waals surface area contributed by atoms with Gasteiger partial charge in [0.05, 0.1) is 6.10 Å². The molecule has 26 heavy (non-hydrogen) atoms. The van der Waals surface area contributed by atoms with Crippen molar-refractivity contribution in [2.75, 3.05) is 23.7 Å². The van der Waals surface area contributed by atoms with E-state index in [0.717, 1.165) is 47.0 Å². The predicted molar refractivity (Wildman–Crippen MR) is 104 cm³/mol. The van der Waals surface area contributed by atoms with Crippen LogP contribution in [0.15, 0.2) is 42.6 Å². The molecule has 1 aromatic heterocycles. The van der Waals surface area contributed by atoms with Crippen LogP contribution >= 0.6 is 0 Å². The molecule has 2 heterocycles. The monoisotopic (exact) mass is 351 g/mol. The molecular formula is C21H22FN3O. The van der Waals surface area contributed by atoms with Crippen LogP contribution in [0.25, 0.3) is 21.9 Å². The van der Waals surface area contributed by atoms with Crippen molar-refractivity contribution in [1.29, 1.82) is 0 Å². The summed E-state index contributed by atoms with van der Waals surface area (Å²) in [6, 6.07) is 10.9. The van der Waals surface area contributed by atoms with Crippen molar-refractivity contribution >= 4 is 22.3 Å². The maximum Gasteiger partial charge on any atom is 0.131 e. The molecule has 5 heteroatoms. The molecule has 1 atom stereocenters. The molecule has 0 radical (unpaired) electrons. The van der Waals surface area contributed by atoms with Gasteiger partial charge >= 0.3 is 0 Å². The molecule has 2 aromatic carbocycles. The first kappa shape index (κ1) is 16.8. The smallest absolute Gasteiger partial charge is 0.131 e. The van der Waals surface area contributed by atoms with Crippen LogP contribution in [0.5, 0.6) is 0 Å². The fourth-order valence-electron chi connectivity index (χ4n) is 3.83. The molecule has 3 aromatic rings. The molecule has 4 nitrogen and oxygen atoms in total. The van der Waals surface area contributed by atoms with Crippen LogP contribution in [0.3, 0.4) is 0 Å². The lowest BCUT2D eigenvalue weighted by Crippen LogP contribution is -2.38. The lowest BCUT2D eigenvalue weighted by atomic mass is 9.95. The molecule has 0 unspecified atom stereocenters. The third-order valence-corrected chi connectivity index (χ3v) is 5.08. The summed E-state index contributed by atoms with van der Waals surface area (Å²) in [5.74, 6) is 0.212. The molecule has 4 rings (SSSR count). The number of halogens is 1. The molecule has 134 valence electrons. The second-order valence-corrected chi connectivity index (χ2v) is 7.00. The number of nitrogens with two attached hydrogens (primary N) is 1. The van der Waals surface area contributed by atoms with E-state index in [9.17, 15) is 9.50 Å². The number of benzene rings is 2. The standard InChI is InChI=1S/C21H22FN3O/c1-13-4-2-6-18(22)21(13)14-8-15-11-24-20(23)10-17(15)19(9-14)25-7-3-5-16(26)12-25/h2,4,6,8-11,16,26H,3,5,7,12H2,1H3,(H2,23,24)/t16-/m0/s1. The highest BCUT2D eigenvalue weighted by molar-refractivity contribution is 5.99. The lowest BCUT2D eigenvalue weighted by molar-refractivity contribution is 0.154. The number of aromatic nitrogens is 1. The van der Waals surface area contributed by atoms with Gasteiger partial charge in [-0.25, -0.2) is 9.37 Å². The third-order valence-electron chi connectivity index (χ3n) is 5.08. The summed E-state index contributed by atoms with van der Waals surface area (Å²) in [5.41, 5.74) is 9.18. The number of piperidine rings is 1. The van der Waals surface area contributed by atoms with Gasteiger partial charge in [-0.05, 0) is 55.2 Å². The molecule has 1 aliphatic heterocycles. The van der Waals surface area contributed by atoms with Crippen LogP contribution in [-0.2, 0) is 0 Å². The Bertz CT molecular complexity index is 953. The second-order valence-electron chi connectivity index (χ2n) is 7.00. The summed E-state index contributed by atoms with van der Waals surface area (Å²) in [6.45, 7) is 3.33. The Hall–Kier alpha value is -2.66. The quantitative estimate of drug-likeness (QED) is 0.735. The van der Waals surface area contributed by atoms with Gasteiger partial charge in [-0.3, -0.25) is 0 Å². The lowest BCUT2D eigenvalue weighted by Gasteiger charge is -2.33. The second kappa shape index (κ2) is 6.57. The average Bonchev–Trinajstić information content (AvgIpc) is 2.61. The highest BCUT2D eigenvalue weighted by Crippen LogP contribution is 2.37. The Morgan fingerprint density at radius 2 is 2.12 bits per heavy atom. The fourth-order valence-corrected chi connectivity index (χ4v) is 3.83. The maximum absolute atomic E-state index is 14.5. The summed E-state index contributed by atoms with van der Waals surface area (Å²) in [7, 11) is 0. The summed E-state index contributed by atoms with van der Waals surface area (Å²) in [4.78, 5) is 6.37. The number of aliphatic hydroxyl groups is 1. The SMILES string of the molecule is Cc1cccc(F)c1-c1cc(N2CCC[C@H](O)C2)c2cc(N)ncc2c1. The molecule has 1 saturated heterocycles. The largest absolute Gasteiger partial charge is 0.391 e. The van der Waals surface area contributed by atoms with Crippen molar-refractivity contribution in [3.8, 4) is 11.1 Å². The average molecular weight is 351 g/mol. The highest BCUT2D eigenvalue weighted by Gasteiger charge is 2.21. The van der Waals surface area contributed by atoms with Crippen LogP contribution in [-0.4, -0.2) is 29.3 Å². The van der Waals surface area contributed by atoms with E-state index in [0.29, 0.717) is 17.9 Å². The number of rotatable bonds is 2. The minimum atomic E-state index is -0.350. The number of nitrogens with zero attached hydrogens (tertiary/aromatic N) is 2. The van der Waals surface area contributed by atoms with E-state index in [1.54, 1.807) is 12.3 Å². The van der Waals surface area contributed by atoms with Crippen LogP contribution in [0.1, 0.15) is 18.4 Å². The van der Waals surface area contributed by atoms with Gasteiger partial charge in [0.25, 0.3) is 0 Å². The number of aliphatic hydroxyl groups excluding tert-OH is 1. The molecule has 1 fully saturated rings. The van der Waals surface area contributed by atoms with Crippen molar-refractivity contribution in [3.63, 3.8) is 0 Å². The molecular weight excluding hydrogens is 329 g/mol. The first-order valence-corrected chi connectivity index (χ1v) is 8.90. The molecule has 0 spiro atoms. The molecule has 1 aliphatic rings. The summed E-state index contributed by atoms with van der Waals surface area (Å²) >= 11 is 0. The van der Waals surface area contributed by atoms with Crippen molar-refractivity contribution in [1.82, 2.24) is 4.98 Å². The van der Waals surface area contributed by atoms with E-state index < -0.39 is 0 Å². The first-order valence-electron chi connectivity index (χ1n) is 8.90. The topological polar surface area (TPSA) is 62.4 Å². The summed E-state index contributed by atoms with van der Waals surface area (Å²) in [5, 5.41) is 12.0. The first-order chi connectivity index (χ1) is 12.5. The number of fused-ring (bicyclic) bond motifs is 1. The van der Waals surface area contributed by atoms with E-state index in [1.807, 2.05) is 31.2 Å². The zero-order chi connectivity index (χ0) is 18.3.